The number of sulfonamides is 1. The topological polar surface area (TPSA) is 101 Å². The summed E-state index contributed by atoms with van der Waals surface area (Å²) in [5.41, 5.74) is 0.340. The predicted octanol–water partition coefficient (Wildman–Crippen LogP) is 1.29. The third-order valence-electron chi connectivity index (χ3n) is 2.65. The van der Waals surface area contributed by atoms with Crippen molar-refractivity contribution in [2.75, 3.05) is 14.1 Å². The maximum Gasteiger partial charge on any atom is 0.358 e. The van der Waals surface area contributed by atoms with E-state index in [1.807, 2.05) is 0 Å². The fourth-order valence-corrected chi connectivity index (χ4v) is 2.42. The monoisotopic (exact) mass is 296 g/mol. The summed E-state index contributed by atoms with van der Waals surface area (Å²) >= 11 is 0. The Labute approximate surface area is 115 Å². The maximum atomic E-state index is 11.9. The standard InChI is InChI=1S/C12H12N2O5S/c1-14(2)20(17,18)9-5-3-8(4-6-9)11-7-10(12(15)16)13-19-11/h3-7H,1-2H3,(H,15,16). The molecule has 106 valence electrons. The number of carboxylic acids is 1. The van der Waals surface area contributed by atoms with E-state index in [0.717, 1.165) is 4.31 Å². The number of benzene rings is 1. The van der Waals surface area contributed by atoms with Crippen LogP contribution in [0.25, 0.3) is 11.3 Å². The summed E-state index contributed by atoms with van der Waals surface area (Å²) in [5.74, 6) is -0.928. The molecule has 0 aliphatic heterocycles. The number of carboxylic acid groups (broad SMARTS) is 1. The van der Waals surface area contributed by atoms with Gasteiger partial charge in [0.1, 0.15) is 0 Å². The van der Waals surface area contributed by atoms with Gasteiger partial charge >= 0.3 is 5.97 Å². The molecule has 0 radical (unpaired) electrons. The zero-order valence-corrected chi connectivity index (χ0v) is 11.6. The van der Waals surface area contributed by atoms with Crippen molar-refractivity contribution in [3.8, 4) is 11.3 Å². The summed E-state index contributed by atoms with van der Waals surface area (Å²) in [6.45, 7) is 0. The highest BCUT2D eigenvalue weighted by atomic mass is 32.2. The smallest absolute Gasteiger partial charge is 0.358 e. The highest BCUT2D eigenvalue weighted by Crippen LogP contribution is 2.23. The summed E-state index contributed by atoms with van der Waals surface area (Å²) in [6, 6.07) is 7.18. The van der Waals surface area contributed by atoms with Crippen LogP contribution >= 0.6 is 0 Å². The van der Waals surface area contributed by atoms with Crippen molar-refractivity contribution >= 4 is 16.0 Å². The molecule has 8 heteroatoms. The van der Waals surface area contributed by atoms with Crippen LogP contribution in [0.1, 0.15) is 10.5 Å². The second-order valence-corrected chi connectivity index (χ2v) is 6.35. The van der Waals surface area contributed by atoms with Gasteiger partial charge in [-0.2, -0.15) is 0 Å². The highest BCUT2D eigenvalue weighted by molar-refractivity contribution is 7.89. The molecule has 1 heterocycles. The first-order valence-corrected chi connectivity index (χ1v) is 6.99. The van der Waals surface area contributed by atoms with Gasteiger partial charge in [0.25, 0.3) is 0 Å². The maximum absolute atomic E-state index is 11.9. The number of aromatic carboxylic acids is 1. The molecule has 1 aromatic carbocycles. The molecule has 0 saturated carbocycles. The second-order valence-electron chi connectivity index (χ2n) is 4.19. The van der Waals surface area contributed by atoms with Gasteiger partial charge in [0, 0.05) is 25.7 Å². The molecule has 1 N–H and O–H groups in total. The van der Waals surface area contributed by atoms with Crippen molar-refractivity contribution in [2.45, 2.75) is 4.90 Å². The fraction of sp³-hybridized carbons (Fsp3) is 0.167. The largest absolute Gasteiger partial charge is 0.476 e. The summed E-state index contributed by atoms with van der Waals surface area (Å²) in [5, 5.41) is 12.1. The van der Waals surface area contributed by atoms with E-state index in [-0.39, 0.29) is 16.3 Å². The molecule has 0 amide bonds. The zero-order chi connectivity index (χ0) is 14.9. The van der Waals surface area contributed by atoms with Gasteiger partial charge in [0.2, 0.25) is 10.0 Å². The summed E-state index contributed by atoms with van der Waals surface area (Å²) in [4.78, 5) is 10.8. The predicted molar refractivity (Wildman–Crippen MR) is 69.8 cm³/mol. The van der Waals surface area contributed by atoms with E-state index in [2.05, 4.69) is 5.16 Å². The van der Waals surface area contributed by atoms with Crippen molar-refractivity contribution in [3.05, 3.63) is 36.0 Å². The van der Waals surface area contributed by atoms with E-state index in [9.17, 15) is 13.2 Å². The summed E-state index contributed by atoms with van der Waals surface area (Å²) in [7, 11) is -0.605. The van der Waals surface area contributed by atoms with Crippen LogP contribution in [0.15, 0.2) is 39.8 Å². The lowest BCUT2D eigenvalue weighted by Crippen LogP contribution is -2.22. The average molecular weight is 296 g/mol. The van der Waals surface area contributed by atoms with Crippen LogP contribution in [0.2, 0.25) is 0 Å². The number of hydrogen-bond donors (Lipinski definition) is 1. The molecule has 0 fully saturated rings. The SMILES string of the molecule is CN(C)S(=O)(=O)c1ccc(-c2cc(C(=O)O)no2)cc1. The molecule has 2 rings (SSSR count). The normalized spacial score (nSPS) is 11.8. The molecule has 7 nitrogen and oxygen atoms in total. The first-order chi connectivity index (χ1) is 9.32. The Morgan fingerprint density at radius 2 is 1.85 bits per heavy atom. The third-order valence-corrected chi connectivity index (χ3v) is 4.48. The summed E-state index contributed by atoms with van der Waals surface area (Å²) < 4.78 is 29.8. The number of aromatic nitrogens is 1. The lowest BCUT2D eigenvalue weighted by Gasteiger charge is -2.11. The lowest BCUT2D eigenvalue weighted by atomic mass is 10.1. The first-order valence-electron chi connectivity index (χ1n) is 5.55. The van der Waals surface area contributed by atoms with Crippen LogP contribution in [-0.4, -0.2) is 43.1 Å². The molecule has 0 saturated heterocycles. The van der Waals surface area contributed by atoms with Crippen molar-refractivity contribution < 1.29 is 22.8 Å². The van der Waals surface area contributed by atoms with E-state index >= 15 is 0 Å². The van der Waals surface area contributed by atoms with Gasteiger partial charge in [-0.1, -0.05) is 5.16 Å². The Morgan fingerprint density at radius 1 is 1.25 bits per heavy atom. The van der Waals surface area contributed by atoms with Crippen molar-refractivity contribution in [2.24, 2.45) is 0 Å². The van der Waals surface area contributed by atoms with Crippen LogP contribution in [0.3, 0.4) is 0 Å². The number of rotatable bonds is 4. The minimum Gasteiger partial charge on any atom is -0.476 e. The minimum absolute atomic E-state index is 0.143. The minimum atomic E-state index is -3.49. The van der Waals surface area contributed by atoms with Crippen LogP contribution in [0.4, 0.5) is 0 Å². The average Bonchev–Trinajstić information content (AvgIpc) is 2.88. The second kappa shape index (κ2) is 5.06. The molecule has 0 aliphatic rings. The number of carbonyl (C=O) groups is 1. The van der Waals surface area contributed by atoms with E-state index in [0.29, 0.717) is 5.56 Å². The highest BCUT2D eigenvalue weighted by Gasteiger charge is 2.18. The van der Waals surface area contributed by atoms with E-state index in [1.165, 1.54) is 44.4 Å². The Kier molecular flexibility index (Phi) is 3.60. The molecule has 2 aromatic rings. The number of nitrogens with zero attached hydrogens (tertiary/aromatic N) is 2. The van der Waals surface area contributed by atoms with Crippen LogP contribution in [0.5, 0.6) is 0 Å². The molecule has 1 aromatic heterocycles. The Morgan fingerprint density at radius 3 is 2.30 bits per heavy atom. The fourth-order valence-electron chi connectivity index (χ4n) is 1.51. The molecule has 20 heavy (non-hydrogen) atoms. The van der Waals surface area contributed by atoms with Crippen molar-refractivity contribution in [3.63, 3.8) is 0 Å². The first kappa shape index (κ1) is 14.2. The van der Waals surface area contributed by atoms with Crippen LogP contribution in [0, 0.1) is 0 Å². The third kappa shape index (κ3) is 2.56. The van der Waals surface area contributed by atoms with Crippen LogP contribution < -0.4 is 0 Å². The van der Waals surface area contributed by atoms with E-state index in [1.54, 1.807) is 0 Å². The summed E-state index contributed by atoms with van der Waals surface area (Å²) in [6.07, 6.45) is 0. The molecule has 0 bridgehead atoms. The molecule has 0 aliphatic carbocycles. The molecular weight excluding hydrogens is 284 g/mol. The van der Waals surface area contributed by atoms with Gasteiger partial charge in [-0.15, -0.1) is 0 Å². The lowest BCUT2D eigenvalue weighted by molar-refractivity contribution is 0.0686. The van der Waals surface area contributed by atoms with Gasteiger partial charge < -0.3 is 9.63 Å². The van der Waals surface area contributed by atoms with E-state index in [4.69, 9.17) is 9.63 Å². The van der Waals surface area contributed by atoms with Gasteiger partial charge in [-0.25, -0.2) is 17.5 Å². The Bertz CT molecular complexity index is 731. The molecule has 0 spiro atoms. The molecular formula is C12H12N2O5S. The Balaban J connectivity index is 2.35. The van der Waals surface area contributed by atoms with Crippen LogP contribution in [-0.2, 0) is 10.0 Å². The van der Waals surface area contributed by atoms with Gasteiger partial charge in [0.15, 0.2) is 11.5 Å². The van der Waals surface area contributed by atoms with Gasteiger partial charge in [0.05, 0.1) is 4.90 Å². The van der Waals surface area contributed by atoms with Crippen molar-refractivity contribution in [1.29, 1.82) is 0 Å². The molecule has 0 unspecified atom stereocenters. The molecule has 0 atom stereocenters. The zero-order valence-electron chi connectivity index (χ0n) is 10.8. The van der Waals surface area contributed by atoms with Crippen molar-refractivity contribution in [1.82, 2.24) is 9.46 Å². The van der Waals surface area contributed by atoms with E-state index < -0.39 is 16.0 Å². The van der Waals surface area contributed by atoms with Gasteiger partial charge in [-0.3, -0.25) is 0 Å². The number of hydrogen-bond acceptors (Lipinski definition) is 5. The Hall–Kier alpha value is -2.19. The van der Waals surface area contributed by atoms with Gasteiger partial charge in [-0.05, 0) is 24.3 Å². The quantitative estimate of drug-likeness (QED) is 0.912.